The first-order valence-corrected chi connectivity index (χ1v) is 9.34. The Bertz CT molecular complexity index is 783. The third kappa shape index (κ3) is 3.67. The summed E-state index contributed by atoms with van der Waals surface area (Å²) in [6.45, 7) is 1.27. The van der Waals surface area contributed by atoms with E-state index in [2.05, 4.69) is 16.0 Å². The first-order valence-electron chi connectivity index (χ1n) is 9.34. The van der Waals surface area contributed by atoms with Gasteiger partial charge in [0.05, 0.1) is 0 Å². The van der Waals surface area contributed by atoms with E-state index in [1.165, 1.54) is 11.0 Å². The van der Waals surface area contributed by atoms with Crippen molar-refractivity contribution in [3.8, 4) is 5.75 Å². The molecule has 0 aromatic heterocycles. The van der Waals surface area contributed by atoms with E-state index in [-0.39, 0.29) is 42.8 Å². The van der Waals surface area contributed by atoms with Crippen molar-refractivity contribution in [3.05, 3.63) is 30.1 Å². The Morgan fingerprint density at radius 3 is 2.64 bits per heavy atom. The van der Waals surface area contributed by atoms with Gasteiger partial charge in [-0.3, -0.25) is 9.69 Å². The number of carbonyl (C=O) groups excluding carboxylic acids is 3. The molecule has 150 valence electrons. The molecule has 0 spiro atoms. The molecule has 0 bridgehead atoms. The minimum atomic E-state index is -0.479. The van der Waals surface area contributed by atoms with Gasteiger partial charge in [0.2, 0.25) is 5.91 Å². The van der Waals surface area contributed by atoms with Gasteiger partial charge in [-0.25, -0.2) is 14.0 Å². The van der Waals surface area contributed by atoms with Gasteiger partial charge in [0, 0.05) is 38.9 Å². The smallest absolute Gasteiger partial charge is 0.320 e. The third-order valence-corrected chi connectivity index (χ3v) is 5.25. The summed E-state index contributed by atoms with van der Waals surface area (Å²) in [7, 11) is 0. The van der Waals surface area contributed by atoms with E-state index in [0.717, 1.165) is 0 Å². The molecule has 2 atom stereocenters. The molecule has 3 heterocycles. The molecule has 3 aliphatic heterocycles. The molecule has 2 unspecified atom stereocenters. The van der Waals surface area contributed by atoms with Crippen molar-refractivity contribution in [1.29, 1.82) is 0 Å². The van der Waals surface area contributed by atoms with E-state index < -0.39 is 18.1 Å². The van der Waals surface area contributed by atoms with Crippen molar-refractivity contribution < 1.29 is 23.5 Å². The number of fused-ring (bicyclic) bond motifs is 1. The Morgan fingerprint density at radius 2 is 1.89 bits per heavy atom. The fourth-order valence-electron chi connectivity index (χ4n) is 3.75. The Hall–Kier alpha value is -3.04. The van der Waals surface area contributed by atoms with Crippen LogP contribution in [0.1, 0.15) is 19.3 Å². The number of ether oxygens (including phenoxy) is 1. The standard InChI is InChI=1S/C18H22FN5O4/c19-12-3-1-2-4-13(12)28-11-5-8-23(9-6-11)14(25)7-10-24-16-15(21-18(24)27)20-17(26)22-16/h1-4,11,15-16H,5-10H2,(H,21,27)(H2,20,22,26). The van der Waals surface area contributed by atoms with Gasteiger partial charge in [0.25, 0.3) is 0 Å². The summed E-state index contributed by atoms with van der Waals surface area (Å²) in [5.41, 5.74) is 0. The fraction of sp³-hybridized carbons (Fsp3) is 0.500. The summed E-state index contributed by atoms with van der Waals surface area (Å²) >= 11 is 0. The van der Waals surface area contributed by atoms with Crippen LogP contribution in [0.15, 0.2) is 24.3 Å². The van der Waals surface area contributed by atoms with E-state index in [1.54, 1.807) is 23.1 Å². The molecule has 28 heavy (non-hydrogen) atoms. The highest BCUT2D eigenvalue weighted by molar-refractivity contribution is 5.85. The maximum absolute atomic E-state index is 13.7. The average molecular weight is 391 g/mol. The number of para-hydroxylation sites is 1. The first kappa shape index (κ1) is 18.3. The van der Waals surface area contributed by atoms with Crippen molar-refractivity contribution in [2.75, 3.05) is 19.6 Å². The summed E-state index contributed by atoms with van der Waals surface area (Å²) < 4.78 is 19.4. The van der Waals surface area contributed by atoms with Crippen LogP contribution in [-0.2, 0) is 4.79 Å². The van der Waals surface area contributed by atoms with Crippen LogP contribution in [0.2, 0.25) is 0 Å². The lowest BCUT2D eigenvalue weighted by molar-refractivity contribution is -0.133. The first-order chi connectivity index (χ1) is 13.5. The van der Waals surface area contributed by atoms with Crippen molar-refractivity contribution in [3.63, 3.8) is 0 Å². The van der Waals surface area contributed by atoms with E-state index in [9.17, 15) is 18.8 Å². The zero-order chi connectivity index (χ0) is 19.7. The summed E-state index contributed by atoms with van der Waals surface area (Å²) in [6.07, 6.45) is 0.329. The molecule has 1 aromatic rings. The molecule has 0 radical (unpaired) electrons. The van der Waals surface area contributed by atoms with Crippen molar-refractivity contribution >= 4 is 18.0 Å². The van der Waals surface area contributed by atoms with Crippen LogP contribution in [0.3, 0.4) is 0 Å². The number of urea groups is 2. The molecule has 4 rings (SSSR count). The third-order valence-electron chi connectivity index (χ3n) is 5.25. The molecule has 5 amide bonds. The van der Waals surface area contributed by atoms with E-state index in [1.807, 2.05) is 0 Å². The molecule has 3 aliphatic rings. The number of benzene rings is 1. The van der Waals surface area contributed by atoms with Crippen LogP contribution in [0.4, 0.5) is 14.0 Å². The second-order valence-electron chi connectivity index (χ2n) is 7.06. The number of halogens is 1. The SMILES string of the molecule is O=C1NC2NC(=O)N(CCC(=O)N3CCC(Oc4ccccc4F)CC3)C2N1. The highest BCUT2D eigenvalue weighted by Gasteiger charge is 2.45. The number of hydrogen-bond acceptors (Lipinski definition) is 4. The molecule has 0 saturated carbocycles. The van der Waals surface area contributed by atoms with Gasteiger partial charge in [-0.1, -0.05) is 12.1 Å². The molecule has 3 saturated heterocycles. The number of nitrogens with one attached hydrogen (secondary N) is 3. The van der Waals surface area contributed by atoms with Crippen LogP contribution >= 0.6 is 0 Å². The van der Waals surface area contributed by atoms with Crippen molar-refractivity contribution in [1.82, 2.24) is 25.8 Å². The maximum Gasteiger partial charge on any atom is 0.320 e. The van der Waals surface area contributed by atoms with Gasteiger partial charge < -0.3 is 25.6 Å². The number of amides is 5. The van der Waals surface area contributed by atoms with Gasteiger partial charge in [0.1, 0.15) is 18.4 Å². The number of carbonyl (C=O) groups is 3. The van der Waals surface area contributed by atoms with Crippen molar-refractivity contribution in [2.45, 2.75) is 37.7 Å². The van der Waals surface area contributed by atoms with Crippen molar-refractivity contribution in [2.24, 2.45) is 0 Å². The van der Waals surface area contributed by atoms with Gasteiger partial charge in [-0.15, -0.1) is 0 Å². The summed E-state index contributed by atoms with van der Waals surface area (Å²) in [5.74, 6) is -0.219. The van der Waals surface area contributed by atoms with Crippen LogP contribution in [0, 0.1) is 5.82 Å². The predicted octanol–water partition coefficient (Wildman–Crippen LogP) is 0.576. The number of nitrogens with zero attached hydrogens (tertiary/aromatic N) is 2. The Morgan fingerprint density at radius 1 is 1.14 bits per heavy atom. The summed E-state index contributed by atoms with van der Waals surface area (Å²) in [6, 6.07) is 5.63. The Kier molecular flexibility index (Phi) is 4.93. The van der Waals surface area contributed by atoms with Gasteiger partial charge in [0.15, 0.2) is 11.6 Å². The lowest BCUT2D eigenvalue weighted by Crippen LogP contribution is -2.46. The van der Waals surface area contributed by atoms with Gasteiger partial charge >= 0.3 is 12.1 Å². The minimum Gasteiger partial charge on any atom is -0.487 e. The number of rotatable bonds is 5. The van der Waals surface area contributed by atoms with Crippen LogP contribution in [0.25, 0.3) is 0 Å². The largest absolute Gasteiger partial charge is 0.487 e. The zero-order valence-corrected chi connectivity index (χ0v) is 15.2. The monoisotopic (exact) mass is 391 g/mol. The molecule has 1 aromatic carbocycles. The zero-order valence-electron chi connectivity index (χ0n) is 15.2. The number of likely N-dealkylation sites (tertiary alicyclic amines) is 1. The highest BCUT2D eigenvalue weighted by atomic mass is 19.1. The highest BCUT2D eigenvalue weighted by Crippen LogP contribution is 2.22. The van der Waals surface area contributed by atoms with E-state index in [0.29, 0.717) is 25.9 Å². The fourth-order valence-corrected chi connectivity index (χ4v) is 3.75. The summed E-state index contributed by atoms with van der Waals surface area (Å²) in [5, 5.41) is 7.90. The Balaban J connectivity index is 1.24. The van der Waals surface area contributed by atoms with Gasteiger partial charge in [-0.05, 0) is 12.1 Å². The minimum absolute atomic E-state index is 0.0575. The van der Waals surface area contributed by atoms with Gasteiger partial charge in [-0.2, -0.15) is 0 Å². The van der Waals surface area contributed by atoms with Crippen LogP contribution in [-0.4, -0.2) is 65.8 Å². The molecule has 3 fully saturated rings. The predicted molar refractivity (Wildman–Crippen MR) is 95.7 cm³/mol. The van der Waals surface area contributed by atoms with E-state index >= 15 is 0 Å². The maximum atomic E-state index is 13.7. The lowest BCUT2D eigenvalue weighted by atomic mass is 10.1. The second-order valence-corrected chi connectivity index (χ2v) is 7.06. The topological polar surface area (TPSA) is 103 Å². The molecular formula is C18H22FN5O4. The molecule has 9 nitrogen and oxygen atoms in total. The molecule has 3 N–H and O–H groups in total. The van der Waals surface area contributed by atoms with E-state index in [4.69, 9.17) is 4.74 Å². The quantitative estimate of drug-likeness (QED) is 0.683. The number of piperidine rings is 1. The van der Waals surface area contributed by atoms with Crippen LogP contribution < -0.4 is 20.7 Å². The second kappa shape index (κ2) is 7.53. The number of hydrogen-bond donors (Lipinski definition) is 3. The average Bonchev–Trinajstić information content (AvgIpc) is 3.17. The van der Waals surface area contributed by atoms with Crippen LogP contribution in [0.5, 0.6) is 5.75 Å². The summed E-state index contributed by atoms with van der Waals surface area (Å²) in [4.78, 5) is 39.0. The molecular weight excluding hydrogens is 369 g/mol. The lowest BCUT2D eigenvalue weighted by Gasteiger charge is -2.32. The normalized spacial score (nSPS) is 24.5. The molecule has 10 heteroatoms. The Labute approximate surface area is 161 Å². The molecule has 0 aliphatic carbocycles.